The Morgan fingerprint density at radius 3 is 2.47 bits per heavy atom. The number of nitrogens with two attached hydrogens (primary N) is 1. The van der Waals surface area contributed by atoms with Crippen molar-refractivity contribution in [1.29, 1.82) is 0 Å². The average Bonchev–Trinajstić information content (AvgIpc) is 2.80. The Morgan fingerprint density at radius 2 is 1.79 bits per heavy atom. The number of rotatable bonds is 2. The van der Waals surface area contributed by atoms with Gasteiger partial charge < -0.3 is 10.5 Å². The monoisotopic (exact) mass is 253 g/mol. The van der Waals surface area contributed by atoms with Gasteiger partial charge in [-0.1, -0.05) is 30.3 Å². The number of carbonyl (C=O) groups excluding carboxylic acids is 1. The molecule has 1 atom stereocenters. The predicted molar refractivity (Wildman–Crippen MR) is 73.6 cm³/mol. The molecule has 3 heteroatoms. The van der Waals surface area contributed by atoms with E-state index in [1.54, 1.807) is 0 Å². The molecule has 0 aromatic heterocycles. The van der Waals surface area contributed by atoms with Gasteiger partial charge in [0.25, 0.3) is 0 Å². The van der Waals surface area contributed by atoms with Crippen LogP contribution in [0.4, 0.5) is 0 Å². The van der Waals surface area contributed by atoms with E-state index >= 15 is 0 Å². The fraction of sp³-hybridized carbons (Fsp3) is 0.188. The van der Waals surface area contributed by atoms with Crippen LogP contribution in [0.5, 0.6) is 0 Å². The third kappa shape index (κ3) is 2.13. The summed E-state index contributed by atoms with van der Waals surface area (Å²) in [5.41, 5.74) is 10.8. The Morgan fingerprint density at radius 1 is 1.11 bits per heavy atom. The first-order valence-corrected chi connectivity index (χ1v) is 6.31. The Balaban J connectivity index is 1.96. The van der Waals surface area contributed by atoms with E-state index in [2.05, 4.69) is 12.1 Å². The van der Waals surface area contributed by atoms with Crippen molar-refractivity contribution in [3.63, 3.8) is 0 Å². The lowest BCUT2D eigenvalue weighted by atomic mass is 9.98. The second-order valence-corrected chi connectivity index (χ2v) is 4.86. The van der Waals surface area contributed by atoms with Crippen molar-refractivity contribution in [1.82, 2.24) is 0 Å². The molecule has 0 radical (unpaired) electrons. The van der Waals surface area contributed by atoms with Gasteiger partial charge in [-0.3, -0.25) is 0 Å². The minimum Gasteiger partial charge on any atom is -0.457 e. The number of hydrogen-bond donors (Lipinski definition) is 1. The van der Waals surface area contributed by atoms with Gasteiger partial charge in [-0.05, 0) is 35.7 Å². The quantitative estimate of drug-likeness (QED) is 0.837. The molecule has 1 heterocycles. The zero-order valence-corrected chi connectivity index (χ0v) is 10.7. The minimum atomic E-state index is -0.228. The zero-order valence-electron chi connectivity index (χ0n) is 10.7. The SMILES string of the molecule is C[C@@H](N)c1ccc(-c2ccc3c(c2)COC3=O)cc1. The molecule has 1 aliphatic rings. The normalized spacial score (nSPS) is 14.9. The van der Waals surface area contributed by atoms with Gasteiger partial charge in [0.1, 0.15) is 6.61 Å². The molecule has 1 aliphatic heterocycles. The second-order valence-electron chi connectivity index (χ2n) is 4.86. The van der Waals surface area contributed by atoms with E-state index in [0.717, 1.165) is 22.3 Å². The molecule has 3 rings (SSSR count). The van der Waals surface area contributed by atoms with E-state index in [1.807, 2.05) is 37.3 Å². The summed E-state index contributed by atoms with van der Waals surface area (Å²) >= 11 is 0. The second kappa shape index (κ2) is 4.52. The maximum Gasteiger partial charge on any atom is 0.338 e. The highest BCUT2D eigenvalue weighted by atomic mass is 16.5. The molecule has 2 N–H and O–H groups in total. The maximum absolute atomic E-state index is 11.4. The van der Waals surface area contributed by atoms with E-state index in [1.165, 1.54) is 0 Å². The van der Waals surface area contributed by atoms with Crippen molar-refractivity contribution in [2.24, 2.45) is 5.73 Å². The standard InChI is InChI=1S/C16H15NO2/c1-10(17)11-2-4-12(5-3-11)13-6-7-15-14(8-13)9-19-16(15)18/h2-8,10H,9,17H2,1H3/t10-/m1/s1. The summed E-state index contributed by atoms with van der Waals surface area (Å²) in [4.78, 5) is 11.4. The molecule has 0 saturated carbocycles. The maximum atomic E-state index is 11.4. The molecular weight excluding hydrogens is 238 g/mol. The van der Waals surface area contributed by atoms with E-state index in [9.17, 15) is 4.79 Å². The van der Waals surface area contributed by atoms with Gasteiger partial charge in [0.2, 0.25) is 0 Å². The predicted octanol–water partition coefficient (Wildman–Crippen LogP) is 3.04. The summed E-state index contributed by atoms with van der Waals surface area (Å²) in [6, 6.07) is 14.0. The third-order valence-corrected chi connectivity index (χ3v) is 3.45. The first-order chi connectivity index (χ1) is 9.15. The highest BCUT2D eigenvalue weighted by Crippen LogP contribution is 2.27. The van der Waals surface area contributed by atoms with Crippen molar-refractivity contribution in [2.75, 3.05) is 0 Å². The first-order valence-electron chi connectivity index (χ1n) is 6.31. The number of esters is 1. The Hall–Kier alpha value is -2.13. The molecule has 19 heavy (non-hydrogen) atoms. The van der Waals surface area contributed by atoms with Crippen molar-refractivity contribution in [2.45, 2.75) is 19.6 Å². The topological polar surface area (TPSA) is 52.3 Å². The van der Waals surface area contributed by atoms with Crippen molar-refractivity contribution < 1.29 is 9.53 Å². The van der Waals surface area contributed by atoms with E-state index in [4.69, 9.17) is 10.5 Å². The third-order valence-electron chi connectivity index (χ3n) is 3.45. The summed E-state index contributed by atoms with van der Waals surface area (Å²) < 4.78 is 5.01. The van der Waals surface area contributed by atoms with Gasteiger partial charge in [-0.25, -0.2) is 4.79 Å². The number of benzene rings is 2. The smallest absolute Gasteiger partial charge is 0.338 e. The van der Waals surface area contributed by atoms with Crippen molar-refractivity contribution in [3.05, 3.63) is 59.2 Å². The van der Waals surface area contributed by atoms with Crippen LogP contribution in [0, 0.1) is 0 Å². The molecule has 2 aromatic rings. The molecular formula is C16H15NO2. The molecule has 96 valence electrons. The fourth-order valence-corrected chi connectivity index (χ4v) is 2.29. The van der Waals surface area contributed by atoms with Crippen LogP contribution < -0.4 is 5.73 Å². The van der Waals surface area contributed by atoms with E-state index in [-0.39, 0.29) is 12.0 Å². The number of ether oxygens (including phenoxy) is 1. The highest BCUT2D eigenvalue weighted by molar-refractivity contribution is 5.94. The molecule has 0 bridgehead atoms. The lowest BCUT2D eigenvalue weighted by molar-refractivity contribution is 0.0535. The van der Waals surface area contributed by atoms with Crippen LogP contribution in [-0.2, 0) is 11.3 Å². The van der Waals surface area contributed by atoms with Gasteiger partial charge in [-0.15, -0.1) is 0 Å². The summed E-state index contributed by atoms with van der Waals surface area (Å²) in [6.07, 6.45) is 0. The number of fused-ring (bicyclic) bond motifs is 1. The van der Waals surface area contributed by atoms with Gasteiger partial charge >= 0.3 is 5.97 Å². The van der Waals surface area contributed by atoms with Crippen molar-refractivity contribution in [3.8, 4) is 11.1 Å². The van der Waals surface area contributed by atoms with Crippen LogP contribution in [-0.4, -0.2) is 5.97 Å². The summed E-state index contributed by atoms with van der Waals surface area (Å²) in [5, 5.41) is 0. The molecule has 0 spiro atoms. The van der Waals surface area contributed by atoms with Crippen LogP contribution in [0.15, 0.2) is 42.5 Å². The molecule has 0 unspecified atom stereocenters. The van der Waals surface area contributed by atoms with Crippen LogP contribution in [0.25, 0.3) is 11.1 Å². The lowest BCUT2D eigenvalue weighted by Crippen LogP contribution is -2.04. The summed E-state index contributed by atoms with van der Waals surface area (Å²) in [6.45, 7) is 2.34. The number of cyclic esters (lactones) is 1. The van der Waals surface area contributed by atoms with Crippen LogP contribution in [0.1, 0.15) is 34.5 Å². The molecule has 0 fully saturated rings. The molecule has 2 aromatic carbocycles. The van der Waals surface area contributed by atoms with Crippen molar-refractivity contribution >= 4 is 5.97 Å². The van der Waals surface area contributed by atoms with Crippen LogP contribution >= 0.6 is 0 Å². The number of hydrogen-bond acceptors (Lipinski definition) is 3. The largest absolute Gasteiger partial charge is 0.457 e. The molecule has 0 saturated heterocycles. The highest BCUT2D eigenvalue weighted by Gasteiger charge is 2.20. The van der Waals surface area contributed by atoms with Gasteiger partial charge in [0.15, 0.2) is 0 Å². The summed E-state index contributed by atoms with van der Waals surface area (Å²) in [5.74, 6) is -0.228. The van der Waals surface area contributed by atoms with E-state index in [0.29, 0.717) is 12.2 Å². The van der Waals surface area contributed by atoms with Crippen LogP contribution in [0.3, 0.4) is 0 Å². The molecule has 0 amide bonds. The van der Waals surface area contributed by atoms with E-state index < -0.39 is 0 Å². The van der Waals surface area contributed by atoms with Gasteiger partial charge in [-0.2, -0.15) is 0 Å². The molecule has 3 nitrogen and oxygen atoms in total. The van der Waals surface area contributed by atoms with Gasteiger partial charge in [0, 0.05) is 11.6 Å². The first kappa shape index (κ1) is 11.9. The lowest BCUT2D eigenvalue weighted by Gasteiger charge is -2.08. The Kier molecular flexibility index (Phi) is 2.84. The Labute approximate surface area is 112 Å². The van der Waals surface area contributed by atoms with Crippen LogP contribution in [0.2, 0.25) is 0 Å². The minimum absolute atomic E-state index is 0.0418. The zero-order chi connectivity index (χ0) is 13.4. The Bertz CT molecular complexity index is 630. The average molecular weight is 253 g/mol. The summed E-state index contributed by atoms with van der Waals surface area (Å²) in [7, 11) is 0. The molecule has 0 aliphatic carbocycles. The van der Waals surface area contributed by atoms with Gasteiger partial charge in [0.05, 0.1) is 5.56 Å². The number of carbonyl (C=O) groups is 1. The fourth-order valence-electron chi connectivity index (χ4n) is 2.29.